The minimum Gasteiger partial charge on any atom is -0.497 e. The zero-order chi connectivity index (χ0) is 16.4. The van der Waals surface area contributed by atoms with E-state index in [0.29, 0.717) is 18.0 Å². The standard InChI is InChI=1S/C16H18N2O4S/c1-22-9-6-7-12-13(8-9)23-16(17-12)18-14(19)10-4-2-3-5-11(10)15(20)21/h6-8,10-11H,2-5H2,1H3,(H,20,21)(H,17,18,19)/t10-,11+/m1/s1. The number of thiazole rings is 1. The average molecular weight is 334 g/mol. The van der Waals surface area contributed by atoms with Gasteiger partial charge in [-0.05, 0) is 31.0 Å². The van der Waals surface area contributed by atoms with E-state index in [0.717, 1.165) is 28.8 Å². The summed E-state index contributed by atoms with van der Waals surface area (Å²) in [4.78, 5) is 28.2. The molecule has 2 N–H and O–H groups in total. The van der Waals surface area contributed by atoms with Crippen molar-refractivity contribution in [2.45, 2.75) is 25.7 Å². The summed E-state index contributed by atoms with van der Waals surface area (Å²) in [7, 11) is 1.60. The molecule has 1 aromatic carbocycles. The number of amides is 1. The Kier molecular flexibility index (Phi) is 4.47. The van der Waals surface area contributed by atoms with Gasteiger partial charge in [-0.15, -0.1) is 0 Å². The van der Waals surface area contributed by atoms with Gasteiger partial charge in [-0.25, -0.2) is 4.98 Å². The van der Waals surface area contributed by atoms with Crippen LogP contribution in [0.5, 0.6) is 5.75 Å². The van der Waals surface area contributed by atoms with Gasteiger partial charge in [0, 0.05) is 0 Å². The maximum Gasteiger partial charge on any atom is 0.307 e. The van der Waals surface area contributed by atoms with Crippen molar-refractivity contribution in [1.29, 1.82) is 0 Å². The van der Waals surface area contributed by atoms with E-state index in [1.54, 1.807) is 7.11 Å². The molecule has 7 heteroatoms. The lowest BCUT2D eigenvalue weighted by atomic mass is 9.79. The Balaban J connectivity index is 1.77. The number of carboxylic acids is 1. The number of carboxylic acid groups (broad SMARTS) is 1. The molecule has 0 saturated heterocycles. The number of hydrogen-bond donors (Lipinski definition) is 2. The van der Waals surface area contributed by atoms with E-state index in [4.69, 9.17) is 4.74 Å². The number of hydrogen-bond acceptors (Lipinski definition) is 5. The van der Waals surface area contributed by atoms with Crippen LogP contribution in [0.3, 0.4) is 0 Å². The van der Waals surface area contributed by atoms with Crippen molar-refractivity contribution in [2.75, 3.05) is 12.4 Å². The SMILES string of the molecule is COc1ccc2nc(NC(=O)[C@@H]3CCCC[C@@H]3C(=O)O)sc2c1. The van der Waals surface area contributed by atoms with Crippen LogP contribution >= 0.6 is 11.3 Å². The summed E-state index contributed by atoms with van der Waals surface area (Å²) >= 11 is 1.36. The third-order valence-electron chi connectivity index (χ3n) is 4.25. The van der Waals surface area contributed by atoms with Crippen molar-refractivity contribution < 1.29 is 19.4 Å². The second-order valence-electron chi connectivity index (χ2n) is 5.68. The molecule has 0 bridgehead atoms. The topological polar surface area (TPSA) is 88.5 Å². The fraction of sp³-hybridized carbons (Fsp3) is 0.438. The lowest BCUT2D eigenvalue weighted by Gasteiger charge is -2.26. The molecule has 3 rings (SSSR count). The zero-order valence-corrected chi connectivity index (χ0v) is 13.6. The van der Waals surface area contributed by atoms with Crippen molar-refractivity contribution in [3.05, 3.63) is 18.2 Å². The lowest BCUT2D eigenvalue weighted by molar-refractivity contribution is -0.147. The number of rotatable bonds is 4. The lowest BCUT2D eigenvalue weighted by Crippen LogP contribution is -2.36. The number of aliphatic carboxylic acids is 1. The molecule has 6 nitrogen and oxygen atoms in total. The molecule has 1 aromatic heterocycles. The minimum atomic E-state index is -0.890. The fourth-order valence-corrected chi connectivity index (χ4v) is 3.92. The quantitative estimate of drug-likeness (QED) is 0.897. The van der Waals surface area contributed by atoms with E-state index in [1.165, 1.54) is 11.3 Å². The van der Waals surface area contributed by atoms with Crippen LogP contribution in [0.1, 0.15) is 25.7 Å². The van der Waals surface area contributed by atoms with Gasteiger partial charge in [0.05, 0.1) is 29.2 Å². The Morgan fingerprint density at radius 2 is 2.04 bits per heavy atom. The number of benzene rings is 1. The highest BCUT2D eigenvalue weighted by atomic mass is 32.1. The normalized spacial score (nSPS) is 21.1. The maximum atomic E-state index is 12.4. The number of ether oxygens (including phenoxy) is 1. The number of methoxy groups -OCH3 is 1. The van der Waals surface area contributed by atoms with Crippen molar-refractivity contribution in [1.82, 2.24) is 4.98 Å². The van der Waals surface area contributed by atoms with E-state index in [9.17, 15) is 14.7 Å². The monoisotopic (exact) mass is 334 g/mol. The van der Waals surface area contributed by atoms with Crippen LogP contribution in [0.25, 0.3) is 10.2 Å². The van der Waals surface area contributed by atoms with Gasteiger partial charge >= 0.3 is 5.97 Å². The molecule has 0 radical (unpaired) electrons. The largest absolute Gasteiger partial charge is 0.497 e. The van der Waals surface area contributed by atoms with Gasteiger partial charge in [0.15, 0.2) is 5.13 Å². The van der Waals surface area contributed by atoms with Crippen LogP contribution in [0, 0.1) is 11.8 Å². The molecule has 0 unspecified atom stereocenters. The Morgan fingerprint density at radius 1 is 1.30 bits per heavy atom. The van der Waals surface area contributed by atoms with Crippen LogP contribution in [0.2, 0.25) is 0 Å². The first-order valence-corrected chi connectivity index (χ1v) is 8.38. The molecular formula is C16H18N2O4S. The van der Waals surface area contributed by atoms with Crippen LogP contribution in [-0.4, -0.2) is 29.1 Å². The van der Waals surface area contributed by atoms with E-state index < -0.39 is 17.8 Å². The smallest absolute Gasteiger partial charge is 0.307 e. The number of carbonyl (C=O) groups is 2. The number of fused-ring (bicyclic) bond motifs is 1. The summed E-state index contributed by atoms with van der Waals surface area (Å²) in [5.41, 5.74) is 0.782. The second kappa shape index (κ2) is 6.54. The Morgan fingerprint density at radius 3 is 2.74 bits per heavy atom. The molecule has 1 aliphatic rings. The number of carbonyl (C=O) groups excluding carboxylic acids is 1. The predicted octanol–water partition coefficient (Wildman–Crippen LogP) is 3.13. The third kappa shape index (κ3) is 3.29. The van der Waals surface area contributed by atoms with Gasteiger partial charge in [0.1, 0.15) is 5.75 Å². The molecule has 0 aliphatic heterocycles. The first-order chi connectivity index (χ1) is 11.1. The molecule has 0 spiro atoms. The fourth-order valence-electron chi connectivity index (χ4n) is 3.02. The van der Waals surface area contributed by atoms with Gasteiger partial charge in [-0.1, -0.05) is 24.2 Å². The van der Waals surface area contributed by atoms with Gasteiger partial charge in [-0.2, -0.15) is 0 Å². The molecule has 2 aromatic rings. The van der Waals surface area contributed by atoms with Gasteiger partial charge in [0.25, 0.3) is 0 Å². The summed E-state index contributed by atoms with van der Waals surface area (Å²) < 4.78 is 6.09. The van der Waals surface area contributed by atoms with Gasteiger partial charge in [0.2, 0.25) is 5.91 Å². The van der Waals surface area contributed by atoms with Crippen molar-refractivity contribution in [3.63, 3.8) is 0 Å². The van der Waals surface area contributed by atoms with E-state index in [1.807, 2.05) is 18.2 Å². The molecule has 2 atom stereocenters. The van der Waals surface area contributed by atoms with Crippen molar-refractivity contribution in [3.8, 4) is 5.75 Å². The summed E-state index contributed by atoms with van der Waals surface area (Å²) in [6.07, 6.45) is 2.92. The van der Waals surface area contributed by atoms with Gasteiger partial charge in [-0.3, -0.25) is 9.59 Å². The van der Waals surface area contributed by atoms with E-state index in [2.05, 4.69) is 10.3 Å². The minimum absolute atomic E-state index is 0.247. The van der Waals surface area contributed by atoms with Crippen LogP contribution < -0.4 is 10.1 Å². The average Bonchev–Trinajstić information content (AvgIpc) is 2.95. The zero-order valence-electron chi connectivity index (χ0n) is 12.7. The number of aromatic nitrogens is 1. The highest BCUT2D eigenvalue weighted by Gasteiger charge is 2.35. The number of anilines is 1. The molecule has 1 fully saturated rings. The molecule has 1 saturated carbocycles. The molecule has 122 valence electrons. The first-order valence-electron chi connectivity index (χ1n) is 7.56. The predicted molar refractivity (Wildman–Crippen MR) is 87.9 cm³/mol. The molecule has 23 heavy (non-hydrogen) atoms. The number of nitrogens with zero attached hydrogens (tertiary/aromatic N) is 1. The maximum absolute atomic E-state index is 12.4. The van der Waals surface area contributed by atoms with Gasteiger partial charge < -0.3 is 15.2 Å². The second-order valence-corrected chi connectivity index (χ2v) is 6.71. The molecule has 1 heterocycles. The Labute approximate surface area is 137 Å². The molecule has 1 amide bonds. The summed E-state index contributed by atoms with van der Waals surface area (Å²) in [5.74, 6) is -1.49. The van der Waals surface area contributed by atoms with Crippen LogP contribution in [0.4, 0.5) is 5.13 Å². The van der Waals surface area contributed by atoms with E-state index >= 15 is 0 Å². The number of nitrogens with one attached hydrogen (secondary N) is 1. The van der Waals surface area contributed by atoms with E-state index in [-0.39, 0.29) is 5.91 Å². The molecule has 1 aliphatic carbocycles. The summed E-state index contributed by atoms with van der Waals surface area (Å²) in [5, 5.41) is 12.6. The third-order valence-corrected chi connectivity index (χ3v) is 5.18. The van der Waals surface area contributed by atoms with Crippen LogP contribution in [-0.2, 0) is 9.59 Å². The summed E-state index contributed by atoms with van der Waals surface area (Å²) in [6, 6.07) is 5.51. The van der Waals surface area contributed by atoms with Crippen LogP contribution in [0.15, 0.2) is 18.2 Å². The first kappa shape index (κ1) is 15.7. The van der Waals surface area contributed by atoms with Crippen molar-refractivity contribution >= 4 is 38.6 Å². The highest BCUT2D eigenvalue weighted by molar-refractivity contribution is 7.22. The summed E-state index contributed by atoms with van der Waals surface area (Å²) in [6.45, 7) is 0. The Hall–Kier alpha value is -2.15. The Bertz CT molecular complexity index is 743. The molecular weight excluding hydrogens is 316 g/mol. The highest BCUT2D eigenvalue weighted by Crippen LogP contribution is 2.33. The van der Waals surface area contributed by atoms with Crippen molar-refractivity contribution in [2.24, 2.45) is 11.8 Å².